The number of nitriles is 1. The van der Waals surface area contributed by atoms with Crippen LogP contribution in [0.25, 0.3) is 27.1 Å². The zero-order valence-electron chi connectivity index (χ0n) is 23.0. The Bertz CT molecular complexity index is 1860. The van der Waals surface area contributed by atoms with E-state index in [1.165, 1.54) is 23.0 Å². The Kier molecular flexibility index (Phi) is 6.86. The lowest BCUT2D eigenvalue weighted by Gasteiger charge is -2.41. The van der Waals surface area contributed by atoms with E-state index < -0.39 is 27.0 Å². The summed E-state index contributed by atoms with van der Waals surface area (Å²) < 4.78 is 57.5. The number of carbonyl (C=O) groups is 1. The first-order chi connectivity index (χ1) is 19.9. The summed E-state index contributed by atoms with van der Waals surface area (Å²) in [5, 5.41) is 17.8. The van der Waals surface area contributed by atoms with Gasteiger partial charge in [0.1, 0.15) is 17.7 Å². The van der Waals surface area contributed by atoms with Crippen LogP contribution < -0.4 is 9.62 Å². The summed E-state index contributed by atoms with van der Waals surface area (Å²) in [6.07, 6.45) is -0.636. The first-order valence-corrected chi connectivity index (χ1v) is 15.7. The van der Waals surface area contributed by atoms with E-state index in [-0.39, 0.29) is 27.9 Å². The number of hydrogen-bond acceptors (Lipinski definition) is 10. The molecule has 0 bridgehead atoms. The lowest BCUT2D eigenvalue weighted by atomic mass is 10.1. The zero-order valence-corrected chi connectivity index (χ0v) is 24.6. The van der Waals surface area contributed by atoms with Crippen molar-refractivity contribution >= 4 is 55.0 Å². The molecule has 16 heteroatoms. The number of amides is 1. The van der Waals surface area contributed by atoms with E-state index in [2.05, 4.69) is 24.9 Å². The fourth-order valence-electron chi connectivity index (χ4n) is 5.29. The number of sulfonamides is 1. The third-order valence-corrected chi connectivity index (χ3v) is 10.1. The second-order valence-electron chi connectivity index (χ2n) is 10.9. The summed E-state index contributed by atoms with van der Waals surface area (Å²) in [6.45, 7) is 7.20. The van der Waals surface area contributed by atoms with Gasteiger partial charge in [0, 0.05) is 37.0 Å². The van der Waals surface area contributed by atoms with Crippen LogP contribution in [0.5, 0.6) is 0 Å². The number of alkyl halides is 2. The number of aromatic nitrogens is 5. The molecule has 1 aliphatic heterocycles. The quantitative estimate of drug-likeness (QED) is 0.330. The Hall–Kier alpha value is -3.81. The number of nitrogens with zero attached hydrogens (tertiary/aromatic N) is 8. The highest BCUT2D eigenvalue weighted by molar-refractivity contribution is 7.89. The van der Waals surface area contributed by atoms with E-state index >= 15 is 0 Å². The van der Waals surface area contributed by atoms with Gasteiger partial charge in [0.05, 0.1) is 21.9 Å². The number of nitrogens with one attached hydrogen (secondary N) is 1. The van der Waals surface area contributed by atoms with Gasteiger partial charge in [0.2, 0.25) is 21.1 Å². The maximum Gasteiger partial charge on any atom is 0.291 e. The van der Waals surface area contributed by atoms with Gasteiger partial charge in [0.15, 0.2) is 10.7 Å². The van der Waals surface area contributed by atoms with Crippen molar-refractivity contribution in [3.63, 3.8) is 0 Å². The van der Waals surface area contributed by atoms with Crippen LogP contribution in [0.1, 0.15) is 45.0 Å². The topological polar surface area (TPSA) is 150 Å². The molecule has 12 nitrogen and oxygen atoms in total. The predicted octanol–water partition coefficient (Wildman–Crippen LogP) is 3.39. The van der Waals surface area contributed by atoms with Gasteiger partial charge < -0.3 is 9.80 Å². The van der Waals surface area contributed by atoms with Gasteiger partial charge in [-0.25, -0.2) is 27.2 Å². The van der Waals surface area contributed by atoms with Crippen molar-refractivity contribution in [2.45, 2.75) is 56.5 Å². The largest absolute Gasteiger partial charge is 0.352 e. The van der Waals surface area contributed by atoms with E-state index in [9.17, 15) is 27.3 Å². The average molecular weight is 616 g/mol. The van der Waals surface area contributed by atoms with E-state index in [0.717, 1.165) is 0 Å². The molecule has 220 valence electrons. The number of fused-ring (bicyclic) bond motifs is 3. The molecule has 1 saturated carbocycles. The Balaban J connectivity index is 1.51. The van der Waals surface area contributed by atoms with Crippen molar-refractivity contribution in [1.29, 1.82) is 5.26 Å². The summed E-state index contributed by atoms with van der Waals surface area (Å²) >= 11 is 0.678. The van der Waals surface area contributed by atoms with E-state index in [1.54, 1.807) is 6.07 Å². The SMILES string of the molecule is CC(C)C(=O)N1CCN(c2ncnc3c2c2ccc(S(=O)(=O)NC4(C#N)CC4)cc2n3-c2nnc(C(F)F)s2)C[C@@H]1C. The molecule has 1 aliphatic carbocycles. The van der Waals surface area contributed by atoms with Crippen LogP contribution in [0.15, 0.2) is 29.4 Å². The average Bonchev–Trinajstić information content (AvgIpc) is 3.40. The third kappa shape index (κ3) is 4.74. The summed E-state index contributed by atoms with van der Waals surface area (Å²) in [5.41, 5.74) is -0.422. The maximum atomic E-state index is 13.5. The van der Waals surface area contributed by atoms with Gasteiger partial charge in [-0.1, -0.05) is 31.3 Å². The van der Waals surface area contributed by atoms with Crippen LogP contribution >= 0.6 is 11.3 Å². The number of anilines is 1. The third-order valence-electron chi connectivity index (χ3n) is 7.61. The molecule has 42 heavy (non-hydrogen) atoms. The summed E-state index contributed by atoms with van der Waals surface area (Å²) in [4.78, 5) is 25.6. The molecule has 2 aliphatic rings. The minimum absolute atomic E-state index is 0.0735. The van der Waals surface area contributed by atoms with Gasteiger partial charge in [-0.15, -0.1) is 10.2 Å². The van der Waals surface area contributed by atoms with E-state index in [4.69, 9.17) is 0 Å². The van der Waals surface area contributed by atoms with Crippen molar-refractivity contribution in [3.05, 3.63) is 29.5 Å². The normalized spacial score (nSPS) is 18.8. The molecular weight excluding hydrogens is 588 g/mol. The molecule has 0 radical (unpaired) electrons. The van der Waals surface area contributed by atoms with Crippen molar-refractivity contribution in [2.24, 2.45) is 5.92 Å². The van der Waals surface area contributed by atoms with Crippen molar-refractivity contribution in [3.8, 4) is 11.2 Å². The van der Waals surface area contributed by atoms with Crippen LogP contribution in [0, 0.1) is 17.2 Å². The molecule has 2 fully saturated rings. The van der Waals surface area contributed by atoms with Crippen LogP contribution in [-0.2, 0) is 14.8 Å². The number of hydrogen-bond donors (Lipinski definition) is 1. The number of carbonyl (C=O) groups excluding carboxylic acids is 1. The number of rotatable bonds is 7. The lowest BCUT2D eigenvalue weighted by Crippen LogP contribution is -2.55. The minimum Gasteiger partial charge on any atom is -0.352 e. The van der Waals surface area contributed by atoms with Crippen LogP contribution in [0.3, 0.4) is 0 Å². The van der Waals surface area contributed by atoms with Crippen LogP contribution in [0.2, 0.25) is 0 Å². The van der Waals surface area contributed by atoms with Gasteiger partial charge in [-0.2, -0.15) is 9.98 Å². The fraction of sp³-hybridized carbons (Fsp3) is 0.462. The van der Waals surface area contributed by atoms with Crippen LogP contribution in [0.4, 0.5) is 14.6 Å². The molecule has 6 rings (SSSR count). The summed E-state index contributed by atoms with van der Waals surface area (Å²) in [7, 11) is -4.09. The smallest absolute Gasteiger partial charge is 0.291 e. The van der Waals surface area contributed by atoms with Gasteiger partial charge in [-0.3, -0.25) is 9.36 Å². The van der Waals surface area contributed by atoms with Gasteiger partial charge in [-0.05, 0) is 31.9 Å². The summed E-state index contributed by atoms with van der Waals surface area (Å²) in [5.74, 6) is 0.515. The molecule has 4 aromatic rings. The van der Waals surface area contributed by atoms with Crippen LogP contribution in [-0.4, -0.2) is 75.2 Å². The van der Waals surface area contributed by atoms with Gasteiger partial charge >= 0.3 is 0 Å². The molecule has 1 N–H and O–H groups in total. The summed E-state index contributed by atoms with van der Waals surface area (Å²) in [6, 6.07) is 6.40. The van der Waals surface area contributed by atoms with E-state index in [1.807, 2.05) is 36.6 Å². The zero-order chi connectivity index (χ0) is 30.0. The molecular formula is C26H27F2N9O3S2. The Morgan fingerprint density at radius 1 is 1.21 bits per heavy atom. The highest BCUT2D eigenvalue weighted by Gasteiger charge is 2.47. The first-order valence-electron chi connectivity index (χ1n) is 13.4. The molecule has 1 saturated heterocycles. The Morgan fingerprint density at radius 3 is 2.60 bits per heavy atom. The molecule has 0 unspecified atom stereocenters. The molecule has 4 heterocycles. The minimum atomic E-state index is -4.09. The van der Waals surface area contributed by atoms with Gasteiger partial charge in [0.25, 0.3) is 6.43 Å². The highest BCUT2D eigenvalue weighted by atomic mass is 32.2. The van der Waals surface area contributed by atoms with Crippen molar-refractivity contribution in [1.82, 2.24) is 34.4 Å². The van der Waals surface area contributed by atoms with Crippen molar-refractivity contribution in [2.75, 3.05) is 24.5 Å². The molecule has 0 spiro atoms. The monoisotopic (exact) mass is 615 g/mol. The molecule has 1 atom stereocenters. The fourth-order valence-corrected chi connectivity index (χ4v) is 7.40. The lowest BCUT2D eigenvalue weighted by molar-refractivity contribution is -0.136. The molecule has 1 aromatic carbocycles. The Labute approximate surface area is 244 Å². The highest BCUT2D eigenvalue weighted by Crippen LogP contribution is 2.40. The Morgan fingerprint density at radius 2 is 1.98 bits per heavy atom. The molecule has 1 amide bonds. The maximum absolute atomic E-state index is 13.5. The number of benzene rings is 1. The van der Waals surface area contributed by atoms with Crippen molar-refractivity contribution < 1.29 is 22.0 Å². The first kappa shape index (κ1) is 28.3. The second-order valence-corrected chi connectivity index (χ2v) is 13.6. The molecule has 3 aromatic heterocycles. The van der Waals surface area contributed by atoms with E-state index in [0.29, 0.717) is 71.6 Å². The number of piperazine rings is 1. The standard InChI is InChI=1S/C26H27F2N9O3S2/c1-14(2)24(38)36-9-8-35(11-15(36)3)21-19-17-5-4-16(42(39,40)34-26(12-29)6-7-26)10-18(17)37(22(19)31-13-30-21)25-33-32-23(41-25)20(27)28/h4-5,10,13-15,20,34H,6-9,11H2,1-3H3/t15-/m0/s1. The second kappa shape index (κ2) is 10.2. The number of halogens is 2. The predicted molar refractivity (Wildman–Crippen MR) is 151 cm³/mol.